The second kappa shape index (κ2) is 11.7. The summed E-state index contributed by atoms with van der Waals surface area (Å²) in [5.41, 5.74) is 0.247. The Morgan fingerprint density at radius 1 is 0.929 bits per heavy atom. The van der Waals surface area contributed by atoms with Gasteiger partial charge in [-0.05, 0) is 72.3 Å². The Morgan fingerprint density at radius 2 is 1.64 bits per heavy atom. The van der Waals surface area contributed by atoms with Gasteiger partial charge < -0.3 is 14.8 Å². The number of alkyl halides is 3. The van der Waals surface area contributed by atoms with Gasteiger partial charge in [-0.15, -0.1) is 5.10 Å². The third-order valence-electron chi connectivity index (χ3n) is 6.12. The van der Waals surface area contributed by atoms with Gasteiger partial charge in [0, 0.05) is 11.3 Å². The lowest BCUT2D eigenvalue weighted by Gasteiger charge is -2.13. The normalized spacial score (nSPS) is 11.3. The van der Waals surface area contributed by atoms with Crippen LogP contribution in [0.3, 0.4) is 0 Å². The molecule has 1 amide bonds. The largest absolute Gasteiger partial charge is 0.496 e. The molecule has 0 saturated carbocycles. The first kappa shape index (κ1) is 28.3. The molecule has 12 heteroatoms. The van der Waals surface area contributed by atoms with Crippen LogP contribution in [0, 0.1) is 11.6 Å². The number of hydrogen-bond acceptors (Lipinski definition) is 5. The van der Waals surface area contributed by atoms with Crippen LogP contribution >= 0.6 is 0 Å². The van der Waals surface area contributed by atoms with Crippen molar-refractivity contribution in [2.24, 2.45) is 0 Å². The number of anilines is 1. The average molecular weight is 581 g/mol. The Kier molecular flexibility index (Phi) is 7.87. The summed E-state index contributed by atoms with van der Waals surface area (Å²) in [5.74, 6) is -1.96. The third kappa shape index (κ3) is 6.22. The quantitative estimate of drug-likeness (QED) is 0.199. The van der Waals surface area contributed by atoms with Crippen LogP contribution in [-0.2, 0) is 12.8 Å². The Bertz CT molecular complexity index is 1720. The molecule has 0 unspecified atom stereocenters. The number of hydrogen-bond donors (Lipinski definition) is 1. The van der Waals surface area contributed by atoms with Crippen LogP contribution in [0.5, 0.6) is 11.8 Å². The number of amides is 1. The minimum Gasteiger partial charge on any atom is -0.496 e. The van der Waals surface area contributed by atoms with Gasteiger partial charge in [0.15, 0.2) is 5.82 Å². The molecule has 42 heavy (non-hydrogen) atoms. The molecule has 0 radical (unpaired) electrons. The first-order valence-electron chi connectivity index (χ1n) is 12.4. The van der Waals surface area contributed by atoms with Gasteiger partial charge in [0.2, 0.25) is 0 Å². The number of carbonyl (C=O) groups is 1. The predicted octanol–water partition coefficient (Wildman–Crippen LogP) is 7.07. The van der Waals surface area contributed by atoms with Gasteiger partial charge in [0.25, 0.3) is 5.91 Å². The average Bonchev–Trinajstić information content (AvgIpc) is 3.40. The van der Waals surface area contributed by atoms with E-state index in [-0.39, 0.29) is 35.3 Å². The first-order chi connectivity index (χ1) is 20.1. The summed E-state index contributed by atoms with van der Waals surface area (Å²) in [6.07, 6.45) is -4.71. The van der Waals surface area contributed by atoms with Crippen LogP contribution in [0.1, 0.15) is 21.5 Å². The molecule has 7 nitrogen and oxygen atoms in total. The summed E-state index contributed by atoms with van der Waals surface area (Å²) in [6.45, 7) is 0.0351. The lowest BCUT2D eigenvalue weighted by atomic mass is 10.1. The fourth-order valence-corrected chi connectivity index (χ4v) is 4.04. The van der Waals surface area contributed by atoms with Crippen molar-refractivity contribution in [1.82, 2.24) is 14.8 Å². The summed E-state index contributed by atoms with van der Waals surface area (Å²) in [6, 6.07) is 20.7. The van der Waals surface area contributed by atoms with Crippen molar-refractivity contribution in [2.75, 3.05) is 12.4 Å². The number of nitrogens with zero attached hydrogens (tertiary/aromatic N) is 3. The maximum atomic E-state index is 14.7. The summed E-state index contributed by atoms with van der Waals surface area (Å²) in [4.78, 5) is 17.1. The lowest BCUT2D eigenvalue weighted by Crippen LogP contribution is -2.15. The van der Waals surface area contributed by atoms with Gasteiger partial charge in [0.1, 0.15) is 24.0 Å². The molecule has 0 fully saturated rings. The van der Waals surface area contributed by atoms with Crippen LogP contribution in [0.4, 0.5) is 27.6 Å². The van der Waals surface area contributed by atoms with Crippen molar-refractivity contribution in [3.8, 4) is 28.8 Å². The van der Waals surface area contributed by atoms with Gasteiger partial charge in [-0.25, -0.2) is 13.5 Å². The molecule has 0 aliphatic heterocycles. The molecule has 0 bridgehead atoms. The van der Waals surface area contributed by atoms with E-state index < -0.39 is 35.0 Å². The van der Waals surface area contributed by atoms with Crippen LogP contribution in [0.25, 0.3) is 17.1 Å². The molecule has 1 N–H and O–H groups in total. The van der Waals surface area contributed by atoms with Crippen molar-refractivity contribution in [1.29, 1.82) is 0 Å². The van der Waals surface area contributed by atoms with Crippen molar-refractivity contribution < 1.29 is 36.2 Å². The Hall–Kier alpha value is -5.26. The van der Waals surface area contributed by atoms with Gasteiger partial charge >= 0.3 is 12.2 Å². The molecule has 0 saturated heterocycles. The maximum Gasteiger partial charge on any atom is 0.419 e. The topological polar surface area (TPSA) is 78.3 Å². The van der Waals surface area contributed by atoms with Crippen LogP contribution in [0.15, 0.2) is 91.0 Å². The van der Waals surface area contributed by atoms with Crippen LogP contribution in [0.2, 0.25) is 0 Å². The van der Waals surface area contributed by atoms with Gasteiger partial charge in [-0.2, -0.15) is 18.2 Å². The number of halogens is 5. The monoisotopic (exact) mass is 580 g/mol. The van der Waals surface area contributed by atoms with E-state index in [9.17, 15) is 26.7 Å². The van der Waals surface area contributed by atoms with E-state index in [1.54, 1.807) is 30.3 Å². The van der Waals surface area contributed by atoms with Gasteiger partial charge in [-0.1, -0.05) is 24.3 Å². The molecule has 5 rings (SSSR count). The minimum absolute atomic E-state index is 0.0351. The smallest absolute Gasteiger partial charge is 0.419 e. The highest BCUT2D eigenvalue weighted by atomic mass is 19.4. The van der Waals surface area contributed by atoms with Crippen LogP contribution in [-0.4, -0.2) is 27.8 Å². The highest BCUT2D eigenvalue weighted by Crippen LogP contribution is 2.37. The molecular formula is C30H21F5N4O3. The minimum atomic E-state index is -4.71. The van der Waals surface area contributed by atoms with E-state index in [2.05, 4.69) is 15.4 Å². The zero-order valence-electron chi connectivity index (χ0n) is 21.8. The number of carbonyl (C=O) groups excluding carboxylic acids is 1. The number of nitrogens with one attached hydrogen (secondary N) is 1. The number of benzene rings is 4. The first-order valence-corrected chi connectivity index (χ1v) is 12.4. The molecular weight excluding hydrogens is 559 g/mol. The molecule has 0 aliphatic carbocycles. The second-order valence-electron chi connectivity index (χ2n) is 8.94. The zero-order chi connectivity index (χ0) is 29.9. The van der Waals surface area contributed by atoms with Crippen LogP contribution < -0.4 is 14.8 Å². The summed E-state index contributed by atoms with van der Waals surface area (Å²) >= 11 is 0. The van der Waals surface area contributed by atoms with Crippen molar-refractivity contribution >= 4 is 11.6 Å². The van der Waals surface area contributed by atoms with E-state index in [0.29, 0.717) is 17.3 Å². The van der Waals surface area contributed by atoms with Crippen molar-refractivity contribution in [3.05, 3.63) is 119 Å². The van der Waals surface area contributed by atoms with E-state index in [1.165, 1.54) is 53.2 Å². The third-order valence-corrected chi connectivity index (χ3v) is 6.12. The molecule has 4 aromatic carbocycles. The summed E-state index contributed by atoms with van der Waals surface area (Å²) < 4.78 is 79.8. The number of rotatable bonds is 8. The molecule has 0 spiro atoms. The van der Waals surface area contributed by atoms with E-state index >= 15 is 0 Å². The van der Waals surface area contributed by atoms with E-state index in [0.717, 1.165) is 13.2 Å². The standard InChI is InChI=1S/C30H21F5N4O3/c1-41-26-15-8-19(16-24(26)30(33,34)35)28(40)36-21-11-13-22(14-12-21)39-27(23-4-2-3-5-25(23)32)37-29(38-39)42-17-18-6-9-20(31)10-7-18/h2-16H,17H2,1H3,(H,36,40). The number of methoxy groups -OCH3 is 1. The van der Waals surface area contributed by atoms with E-state index in [1.807, 2.05) is 0 Å². The Balaban J connectivity index is 1.40. The SMILES string of the molecule is COc1ccc(C(=O)Nc2ccc(-n3nc(OCc4ccc(F)cc4)nc3-c3ccccc3F)cc2)cc1C(F)(F)F. The molecule has 214 valence electrons. The highest BCUT2D eigenvalue weighted by Gasteiger charge is 2.35. The second-order valence-corrected chi connectivity index (χ2v) is 8.94. The molecule has 5 aromatic rings. The maximum absolute atomic E-state index is 14.7. The zero-order valence-corrected chi connectivity index (χ0v) is 21.8. The fourth-order valence-electron chi connectivity index (χ4n) is 4.04. The Morgan fingerprint density at radius 3 is 2.31 bits per heavy atom. The summed E-state index contributed by atoms with van der Waals surface area (Å²) in [7, 11) is 1.11. The molecule has 0 atom stereocenters. The van der Waals surface area contributed by atoms with Crippen molar-refractivity contribution in [3.63, 3.8) is 0 Å². The van der Waals surface area contributed by atoms with Gasteiger partial charge in [0.05, 0.1) is 23.9 Å². The fraction of sp³-hybridized carbons (Fsp3) is 0.100. The molecule has 1 heterocycles. The summed E-state index contributed by atoms with van der Waals surface area (Å²) in [5, 5.41) is 6.91. The van der Waals surface area contributed by atoms with Gasteiger partial charge in [-0.3, -0.25) is 4.79 Å². The Labute approximate surface area is 236 Å². The lowest BCUT2D eigenvalue weighted by molar-refractivity contribution is -0.138. The highest BCUT2D eigenvalue weighted by molar-refractivity contribution is 6.04. The molecule has 1 aromatic heterocycles. The van der Waals surface area contributed by atoms with E-state index in [4.69, 9.17) is 9.47 Å². The predicted molar refractivity (Wildman–Crippen MR) is 143 cm³/mol. The number of ether oxygens (including phenoxy) is 2. The van der Waals surface area contributed by atoms with Crippen molar-refractivity contribution in [2.45, 2.75) is 12.8 Å². The number of aromatic nitrogens is 3. The molecule has 0 aliphatic rings.